The molecule has 0 aromatic rings. The van der Waals surface area contributed by atoms with Crippen molar-refractivity contribution in [1.29, 1.82) is 0 Å². The molecule has 0 aliphatic rings. The van der Waals surface area contributed by atoms with Gasteiger partial charge in [0.1, 0.15) is 12.4 Å². The van der Waals surface area contributed by atoms with Gasteiger partial charge in [-0.1, -0.05) is 0 Å². The average Bonchev–Trinajstić information content (AvgIpc) is 1.99. The second-order valence-corrected chi connectivity index (χ2v) is 2.78. The first-order valence-electron chi connectivity index (χ1n) is 3.68. The third kappa shape index (κ3) is 4.67. The average molecular weight is 159 g/mol. The summed E-state index contributed by atoms with van der Waals surface area (Å²) in [6.45, 7) is 3.82. The summed E-state index contributed by atoms with van der Waals surface area (Å²) < 4.78 is 5.16. The number of allylic oxidation sites excluding steroid dienone is 1. The molecular weight excluding hydrogens is 142 g/mol. The Morgan fingerprint density at radius 3 is 2.55 bits per heavy atom. The zero-order valence-corrected chi connectivity index (χ0v) is 7.66. The van der Waals surface area contributed by atoms with E-state index < -0.39 is 0 Å². The fourth-order valence-corrected chi connectivity index (χ4v) is 0.363. The monoisotopic (exact) mass is 159 g/mol. The van der Waals surface area contributed by atoms with Crippen molar-refractivity contribution in [3.63, 3.8) is 0 Å². The Morgan fingerprint density at radius 1 is 1.64 bits per heavy atom. The van der Waals surface area contributed by atoms with Crippen molar-refractivity contribution in [2.45, 2.75) is 20.0 Å². The smallest absolute Gasteiger partial charge is 0.118 e. The first-order valence-corrected chi connectivity index (χ1v) is 3.68. The topological polar surface area (TPSA) is 32.7 Å². The standard InChI is InChI=1S/C8H17NO2/c1-7(9(3)4)6-11-8(2)5-10/h6,8,10H,5H2,1-4H3. The molecule has 0 aliphatic heterocycles. The summed E-state index contributed by atoms with van der Waals surface area (Å²) in [5, 5.41) is 8.62. The number of rotatable bonds is 4. The first kappa shape index (κ1) is 10.3. The molecule has 0 aliphatic carbocycles. The number of ether oxygens (including phenoxy) is 1. The van der Waals surface area contributed by atoms with Gasteiger partial charge in [-0.25, -0.2) is 0 Å². The molecular formula is C8H17NO2. The number of nitrogens with zero attached hydrogens (tertiary/aromatic N) is 1. The highest BCUT2D eigenvalue weighted by molar-refractivity contribution is 4.89. The predicted molar refractivity (Wildman–Crippen MR) is 45.1 cm³/mol. The zero-order valence-electron chi connectivity index (χ0n) is 7.66. The molecule has 0 radical (unpaired) electrons. The Kier molecular flexibility index (Phi) is 4.70. The van der Waals surface area contributed by atoms with E-state index in [2.05, 4.69) is 0 Å². The molecule has 0 bridgehead atoms. The zero-order chi connectivity index (χ0) is 8.85. The van der Waals surface area contributed by atoms with Crippen LogP contribution in [0.3, 0.4) is 0 Å². The highest BCUT2D eigenvalue weighted by Gasteiger charge is 1.97. The summed E-state index contributed by atoms with van der Waals surface area (Å²) in [5.74, 6) is 0. The molecule has 1 unspecified atom stereocenters. The first-order chi connectivity index (χ1) is 5.07. The Morgan fingerprint density at radius 2 is 2.18 bits per heavy atom. The van der Waals surface area contributed by atoms with Gasteiger partial charge in [-0.15, -0.1) is 0 Å². The fourth-order valence-electron chi connectivity index (χ4n) is 0.363. The summed E-state index contributed by atoms with van der Waals surface area (Å²) in [6.07, 6.45) is 1.53. The molecule has 3 heteroatoms. The van der Waals surface area contributed by atoms with Crippen LogP contribution in [0, 0.1) is 0 Å². The van der Waals surface area contributed by atoms with E-state index in [1.807, 2.05) is 32.8 Å². The Bertz CT molecular complexity index is 132. The van der Waals surface area contributed by atoms with Crippen LogP contribution in [-0.2, 0) is 4.74 Å². The third-order valence-corrected chi connectivity index (χ3v) is 1.43. The van der Waals surface area contributed by atoms with Gasteiger partial charge in [0.15, 0.2) is 0 Å². The summed E-state index contributed by atoms with van der Waals surface area (Å²) in [5.41, 5.74) is 1.03. The second kappa shape index (κ2) is 5.02. The van der Waals surface area contributed by atoms with Crippen molar-refractivity contribution >= 4 is 0 Å². The molecule has 0 rings (SSSR count). The Labute approximate surface area is 68.3 Å². The van der Waals surface area contributed by atoms with Crippen LogP contribution in [0.5, 0.6) is 0 Å². The van der Waals surface area contributed by atoms with Crippen LogP contribution in [-0.4, -0.2) is 36.8 Å². The van der Waals surface area contributed by atoms with Gasteiger partial charge in [0.25, 0.3) is 0 Å². The lowest BCUT2D eigenvalue weighted by Gasteiger charge is -2.14. The van der Waals surface area contributed by atoms with Gasteiger partial charge in [-0.2, -0.15) is 0 Å². The molecule has 0 spiro atoms. The lowest BCUT2D eigenvalue weighted by Crippen LogP contribution is -2.13. The van der Waals surface area contributed by atoms with Crippen LogP contribution < -0.4 is 0 Å². The van der Waals surface area contributed by atoms with Crippen molar-refractivity contribution in [3.8, 4) is 0 Å². The van der Waals surface area contributed by atoms with E-state index >= 15 is 0 Å². The number of hydrogen-bond donors (Lipinski definition) is 1. The normalized spacial score (nSPS) is 14.5. The third-order valence-electron chi connectivity index (χ3n) is 1.43. The van der Waals surface area contributed by atoms with Gasteiger partial charge in [-0.3, -0.25) is 0 Å². The second-order valence-electron chi connectivity index (χ2n) is 2.78. The highest BCUT2D eigenvalue weighted by atomic mass is 16.5. The quantitative estimate of drug-likeness (QED) is 0.616. The molecule has 3 nitrogen and oxygen atoms in total. The van der Waals surface area contributed by atoms with Crippen LogP contribution in [0.15, 0.2) is 12.0 Å². The lowest BCUT2D eigenvalue weighted by molar-refractivity contribution is 0.0881. The van der Waals surface area contributed by atoms with Crippen LogP contribution in [0.2, 0.25) is 0 Å². The minimum absolute atomic E-state index is 0.0528. The number of aliphatic hydroxyl groups excluding tert-OH is 1. The maximum Gasteiger partial charge on any atom is 0.118 e. The molecule has 11 heavy (non-hydrogen) atoms. The molecule has 0 heterocycles. The van der Waals surface area contributed by atoms with Crippen molar-refractivity contribution in [2.24, 2.45) is 0 Å². The maximum atomic E-state index is 8.62. The van der Waals surface area contributed by atoms with Gasteiger partial charge >= 0.3 is 0 Å². The van der Waals surface area contributed by atoms with Crippen molar-refractivity contribution in [2.75, 3.05) is 20.7 Å². The molecule has 0 saturated carbocycles. The molecule has 0 aromatic carbocycles. The predicted octanol–water partition coefficient (Wildman–Crippen LogP) is 0.807. The molecule has 66 valence electrons. The summed E-state index contributed by atoms with van der Waals surface area (Å²) in [7, 11) is 3.89. The van der Waals surface area contributed by atoms with E-state index in [1.54, 1.807) is 6.26 Å². The minimum atomic E-state index is -0.120. The van der Waals surface area contributed by atoms with Crippen molar-refractivity contribution in [3.05, 3.63) is 12.0 Å². The molecule has 0 fully saturated rings. The van der Waals surface area contributed by atoms with Crippen LogP contribution in [0.1, 0.15) is 13.8 Å². The van der Waals surface area contributed by atoms with E-state index in [0.717, 1.165) is 5.70 Å². The number of hydrogen-bond acceptors (Lipinski definition) is 3. The van der Waals surface area contributed by atoms with E-state index in [0.29, 0.717) is 0 Å². The maximum absolute atomic E-state index is 8.62. The Balaban J connectivity index is 3.72. The fraction of sp³-hybridized carbons (Fsp3) is 0.750. The molecule has 1 N–H and O–H groups in total. The van der Waals surface area contributed by atoms with Crippen LogP contribution in [0.25, 0.3) is 0 Å². The van der Waals surface area contributed by atoms with E-state index in [9.17, 15) is 0 Å². The molecule has 0 aromatic heterocycles. The van der Waals surface area contributed by atoms with Gasteiger partial charge in [0.2, 0.25) is 0 Å². The van der Waals surface area contributed by atoms with Gasteiger partial charge in [0.05, 0.1) is 6.61 Å². The molecule has 0 amide bonds. The summed E-state index contributed by atoms with van der Waals surface area (Å²) in [4.78, 5) is 1.95. The van der Waals surface area contributed by atoms with Gasteiger partial charge in [-0.05, 0) is 13.8 Å². The van der Waals surface area contributed by atoms with Crippen molar-refractivity contribution < 1.29 is 9.84 Å². The highest BCUT2D eigenvalue weighted by Crippen LogP contribution is 1.98. The van der Waals surface area contributed by atoms with Crippen LogP contribution >= 0.6 is 0 Å². The van der Waals surface area contributed by atoms with Crippen LogP contribution in [0.4, 0.5) is 0 Å². The lowest BCUT2D eigenvalue weighted by atomic mass is 10.4. The number of aliphatic hydroxyl groups is 1. The Hall–Kier alpha value is -0.700. The van der Waals surface area contributed by atoms with E-state index in [-0.39, 0.29) is 12.7 Å². The SMILES string of the molecule is CC(=COC(C)CO)N(C)C. The largest absolute Gasteiger partial charge is 0.494 e. The molecule has 0 saturated heterocycles. The van der Waals surface area contributed by atoms with Gasteiger partial charge in [0, 0.05) is 19.8 Å². The minimum Gasteiger partial charge on any atom is -0.494 e. The van der Waals surface area contributed by atoms with Crippen molar-refractivity contribution in [1.82, 2.24) is 4.90 Å². The summed E-state index contributed by atoms with van der Waals surface area (Å²) in [6, 6.07) is 0. The van der Waals surface area contributed by atoms with E-state index in [4.69, 9.17) is 9.84 Å². The van der Waals surface area contributed by atoms with Gasteiger partial charge < -0.3 is 14.7 Å². The molecule has 1 atom stereocenters. The summed E-state index contributed by atoms with van der Waals surface area (Å²) >= 11 is 0. The van der Waals surface area contributed by atoms with E-state index in [1.165, 1.54) is 0 Å².